The van der Waals surface area contributed by atoms with Crippen LogP contribution in [0.5, 0.6) is 5.75 Å². The Kier molecular flexibility index (Phi) is 4.49. The van der Waals surface area contributed by atoms with Gasteiger partial charge in [0.25, 0.3) is 0 Å². The van der Waals surface area contributed by atoms with Gasteiger partial charge < -0.3 is 5.11 Å². The van der Waals surface area contributed by atoms with Crippen LogP contribution in [0, 0.1) is 0 Å². The Hall–Kier alpha value is -1.76. The van der Waals surface area contributed by atoms with E-state index in [1.54, 1.807) is 12.1 Å². The highest BCUT2D eigenvalue weighted by molar-refractivity contribution is 5.33. The number of rotatable bonds is 4. The van der Waals surface area contributed by atoms with Crippen LogP contribution in [0.2, 0.25) is 0 Å². The topological polar surface area (TPSA) is 20.2 Å². The van der Waals surface area contributed by atoms with Crippen LogP contribution in [0.15, 0.2) is 48.5 Å². The fourth-order valence-corrected chi connectivity index (χ4v) is 2.62. The monoisotopic (exact) mass is 268 g/mol. The highest BCUT2D eigenvalue weighted by Gasteiger charge is 2.16. The molecule has 0 fully saturated rings. The van der Waals surface area contributed by atoms with E-state index in [-0.39, 0.29) is 5.41 Å². The quantitative estimate of drug-likeness (QED) is 0.839. The van der Waals surface area contributed by atoms with E-state index in [4.69, 9.17) is 0 Å². The minimum Gasteiger partial charge on any atom is -0.508 e. The van der Waals surface area contributed by atoms with Gasteiger partial charge in [0.1, 0.15) is 5.75 Å². The van der Waals surface area contributed by atoms with Crippen molar-refractivity contribution < 1.29 is 5.11 Å². The molecule has 0 spiro atoms. The summed E-state index contributed by atoms with van der Waals surface area (Å²) < 4.78 is 0. The maximum absolute atomic E-state index is 9.29. The lowest BCUT2D eigenvalue weighted by Crippen LogP contribution is -2.14. The number of hydrogen-bond donors (Lipinski definition) is 1. The Morgan fingerprint density at radius 3 is 2.15 bits per heavy atom. The van der Waals surface area contributed by atoms with E-state index in [1.807, 2.05) is 12.1 Å². The summed E-state index contributed by atoms with van der Waals surface area (Å²) in [5.41, 5.74) is 4.40. The molecule has 1 nitrogen and oxygen atoms in total. The van der Waals surface area contributed by atoms with Crippen molar-refractivity contribution in [3.63, 3.8) is 0 Å². The standard InChI is InChI=1S/C19H24O/c1-19(2,3)18-10-5-4-8-16(18)9-6-7-15-11-13-17(20)14-12-15/h4-5,8,10-14,20H,6-7,9H2,1-3H3. The number of aryl methyl sites for hydroxylation is 2. The Labute approximate surface area is 122 Å². The second kappa shape index (κ2) is 6.13. The van der Waals surface area contributed by atoms with Gasteiger partial charge in [-0.25, -0.2) is 0 Å². The maximum atomic E-state index is 9.29. The van der Waals surface area contributed by atoms with Gasteiger partial charge in [0, 0.05) is 0 Å². The minimum atomic E-state index is 0.204. The van der Waals surface area contributed by atoms with Crippen LogP contribution in [0.4, 0.5) is 0 Å². The molecule has 0 aromatic heterocycles. The first kappa shape index (κ1) is 14.6. The average molecular weight is 268 g/mol. The average Bonchev–Trinajstić information content (AvgIpc) is 2.40. The molecule has 0 saturated heterocycles. The van der Waals surface area contributed by atoms with E-state index >= 15 is 0 Å². The molecule has 2 aromatic carbocycles. The zero-order valence-corrected chi connectivity index (χ0v) is 12.7. The molecule has 1 N–H and O–H groups in total. The Balaban J connectivity index is 1.99. The molecule has 0 aliphatic heterocycles. The molecule has 106 valence electrons. The summed E-state index contributed by atoms with van der Waals surface area (Å²) in [7, 11) is 0. The maximum Gasteiger partial charge on any atom is 0.115 e. The molecule has 2 rings (SSSR count). The molecular formula is C19H24O. The molecule has 20 heavy (non-hydrogen) atoms. The lowest BCUT2D eigenvalue weighted by atomic mass is 9.82. The third kappa shape index (κ3) is 3.86. The van der Waals surface area contributed by atoms with Crippen molar-refractivity contribution in [3.8, 4) is 5.75 Å². The van der Waals surface area contributed by atoms with Gasteiger partial charge in [-0.3, -0.25) is 0 Å². The van der Waals surface area contributed by atoms with Crippen molar-refractivity contribution >= 4 is 0 Å². The smallest absolute Gasteiger partial charge is 0.115 e. The SMILES string of the molecule is CC(C)(C)c1ccccc1CCCc1ccc(O)cc1. The zero-order chi connectivity index (χ0) is 14.6. The van der Waals surface area contributed by atoms with Gasteiger partial charge in [0.05, 0.1) is 0 Å². The van der Waals surface area contributed by atoms with Gasteiger partial charge in [0.15, 0.2) is 0 Å². The summed E-state index contributed by atoms with van der Waals surface area (Å²) in [6, 6.07) is 16.3. The van der Waals surface area contributed by atoms with Gasteiger partial charge >= 0.3 is 0 Å². The van der Waals surface area contributed by atoms with Gasteiger partial charge in [-0.2, -0.15) is 0 Å². The van der Waals surface area contributed by atoms with Crippen LogP contribution >= 0.6 is 0 Å². The second-order valence-corrected chi connectivity index (χ2v) is 6.43. The molecule has 0 aliphatic carbocycles. The number of benzene rings is 2. The molecule has 0 heterocycles. The van der Waals surface area contributed by atoms with E-state index < -0.39 is 0 Å². The predicted molar refractivity (Wildman–Crippen MR) is 85.3 cm³/mol. The van der Waals surface area contributed by atoms with Crippen LogP contribution in [-0.4, -0.2) is 5.11 Å². The first-order valence-corrected chi connectivity index (χ1v) is 7.33. The molecule has 1 heteroatoms. The van der Waals surface area contributed by atoms with Crippen LogP contribution in [0.25, 0.3) is 0 Å². The van der Waals surface area contributed by atoms with Crippen molar-refractivity contribution in [2.45, 2.75) is 45.4 Å². The third-order valence-corrected chi connectivity index (χ3v) is 3.67. The van der Waals surface area contributed by atoms with E-state index in [0.29, 0.717) is 5.75 Å². The molecule has 0 atom stereocenters. The molecule has 0 bridgehead atoms. The van der Waals surface area contributed by atoms with Crippen molar-refractivity contribution in [2.24, 2.45) is 0 Å². The largest absolute Gasteiger partial charge is 0.508 e. The molecule has 0 amide bonds. The normalized spacial score (nSPS) is 11.6. The summed E-state index contributed by atoms with van der Waals surface area (Å²) >= 11 is 0. The summed E-state index contributed by atoms with van der Waals surface area (Å²) in [4.78, 5) is 0. The second-order valence-electron chi connectivity index (χ2n) is 6.43. The minimum absolute atomic E-state index is 0.204. The molecule has 2 aromatic rings. The fraction of sp³-hybridized carbons (Fsp3) is 0.368. The number of hydrogen-bond acceptors (Lipinski definition) is 1. The first-order chi connectivity index (χ1) is 9.47. The Morgan fingerprint density at radius 2 is 1.50 bits per heavy atom. The first-order valence-electron chi connectivity index (χ1n) is 7.33. The third-order valence-electron chi connectivity index (χ3n) is 3.67. The highest BCUT2D eigenvalue weighted by Crippen LogP contribution is 2.26. The lowest BCUT2D eigenvalue weighted by molar-refractivity contribution is 0.475. The van der Waals surface area contributed by atoms with E-state index in [9.17, 15) is 5.11 Å². The van der Waals surface area contributed by atoms with Crippen molar-refractivity contribution in [1.29, 1.82) is 0 Å². The lowest BCUT2D eigenvalue weighted by Gasteiger charge is -2.23. The van der Waals surface area contributed by atoms with E-state index in [1.165, 1.54) is 16.7 Å². The van der Waals surface area contributed by atoms with Gasteiger partial charge in [-0.05, 0) is 53.5 Å². The summed E-state index contributed by atoms with van der Waals surface area (Å²) in [5, 5.41) is 9.29. The summed E-state index contributed by atoms with van der Waals surface area (Å²) in [6.07, 6.45) is 3.30. The Morgan fingerprint density at radius 1 is 0.850 bits per heavy atom. The van der Waals surface area contributed by atoms with Crippen LogP contribution in [-0.2, 0) is 18.3 Å². The summed E-state index contributed by atoms with van der Waals surface area (Å²) in [5.74, 6) is 0.340. The highest BCUT2D eigenvalue weighted by atomic mass is 16.3. The molecule has 0 aliphatic rings. The van der Waals surface area contributed by atoms with Gasteiger partial charge in [-0.1, -0.05) is 57.2 Å². The van der Waals surface area contributed by atoms with E-state index in [0.717, 1.165) is 19.3 Å². The molecule has 0 radical (unpaired) electrons. The number of phenols is 1. The fourth-order valence-electron chi connectivity index (χ4n) is 2.62. The number of phenolic OH excluding ortho intramolecular Hbond substituents is 1. The van der Waals surface area contributed by atoms with Crippen LogP contribution < -0.4 is 0 Å². The van der Waals surface area contributed by atoms with Gasteiger partial charge in [0.2, 0.25) is 0 Å². The van der Waals surface area contributed by atoms with Crippen molar-refractivity contribution in [1.82, 2.24) is 0 Å². The predicted octanol–water partition coefficient (Wildman–Crippen LogP) is 4.87. The molecule has 0 unspecified atom stereocenters. The van der Waals surface area contributed by atoms with Crippen molar-refractivity contribution in [2.75, 3.05) is 0 Å². The van der Waals surface area contributed by atoms with Crippen molar-refractivity contribution in [3.05, 3.63) is 65.2 Å². The summed E-state index contributed by atoms with van der Waals surface area (Å²) in [6.45, 7) is 6.81. The number of aromatic hydroxyl groups is 1. The molecule has 0 saturated carbocycles. The Bertz CT molecular complexity index is 547. The van der Waals surface area contributed by atoms with Crippen LogP contribution in [0.1, 0.15) is 43.9 Å². The van der Waals surface area contributed by atoms with Gasteiger partial charge in [-0.15, -0.1) is 0 Å². The van der Waals surface area contributed by atoms with Crippen LogP contribution in [0.3, 0.4) is 0 Å². The molecular weight excluding hydrogens is 244 g/mol. The van der Waals surface area contributed by atoms with E-state index in [2.05, 4.69) is 45.0 Å². The zero-order valence-electron chi connectivity index (χ0n) is 12.7.